The number of nitrogens with one attached hydrogen (secondary N) is 2. The fraction of sp³-hybridized carbons (Fsp3) is 0.208. The zero-order valence-electron chi connectivity index (χ0n) is 16.1. The number of aromatic amines is 1. The van der Waals surface area contributed by atoms with E-state index in [0.29, 0.717) is 18.0 Å². The van der Waals surface area contributed by atoms with Gasteiger partial charge in [0.05, 0.1) is 0 Å². The lowest BCUT2D eigenvalue weighted by Gasteiger charge is -2.18. The van der Waals surface area contributed by atoms with Crippen LogP contribution in [-0.4, -0.2) is 22.0 Å². The number of nitrogens with zero attached hydrogens (tertiary/aromatic N) is 1. The van der Waals surface area contributed by atoms with Gasteiger partial charge in [-0.25, -0.2) is 0 Å². The predicted octanol–water partition coefficient (Wildman–Crippen LogP) is 5.16. The van der Waals surface area contributed by atoms with Crippen molar-refractivity contribution in [1.82, 2.24) is 14.9 Å². The molecule has 0 saturated carbocycles. The molecule has 4 nitrogen and oxygen atoms in total. The van der Waals surface area contributed by atoms with Gasteiger partial charge in [0.15, 0.2) is 0 Å². The first-order chi connectivity index (χ1) is 14.2. The molecule has 5 heteroatoms. The van der Waals surface area contributed by atoms with Gasteiger partial charge in [0, 0.05) is 59.9 Å². The van der Waals surface area contributed by atoms with Crippen molar-refractivity contribution in [2.45, 2.75) is 25.3 Å². The second-order valence-corrected chi connectivity index (χ2v) is 7.73. The largest absolute Gasteiger partial charge is 0.361 e. The van der Waals surface area contributed by atoms with Crippen molar-refractivity contribution in [2.24, 2.45) is 0 Å². The Kier molecular flexibility index (Phi) is 6.01. The number of fused-ring (bicyclic) bond motifs is 1. The molecule has 0 aliphatic heterocycles. The summed E-state index contributed by atoms with van der Waals surface area (Å²) in [6, 6.07) is 20.0. The molecular formula is C24H24ClN3O. The van der Waals surface area contributed by atoms with Gasteiger partial charge in [-0.3, -0.25) is 4.79 Å². The minimum atomic E-state index is 0.0666. The van der Waals surface area contributed by atoms with Gasteiger partial charge in [-0.1, -0.05) is 41.9 Å². The molecule has 0 saturated heterocycles. The van der Waals surface area contributed by atoms with Crippen molar-refractivity contribution in [3.05, 3.63) is 95.4 Å². The molecule has 148 valence electrons. The highest BCUT2D eigenvalue weighted by atomic mass is 35.5. The van der Waals surface area contributed by atoms with Crippen LogP contribution in [0, 0.1) is 0 Å². The van der Waals surface area contributed by atoms with Crippen LogP contribution in [-0.2, 0) is 17.8 Å². The average Bonchev–Trinajstić information content (AvgIpc) is 3.38. The van der Waals surface area contributed by atoms with Crippen molar-refractivity contribution >= 4 is 28.4 Å². The molecule has 0 spiro atoms. The minimum absolute atomic E-state index is 0.0666. The van der Waals surface area contributed by atoms with Crippen LogP contribution in [0.25, 0.3) is 10.9 Å². The number of hydrogen-bond donors (Lipinski definition) is 2. The molecule has 0 fully saturated rings. The van der Waals surface area contributed by atoms with E-state index in [4.69, 9.17) is 11.6 Å². The molecule has 0 aliphatic carbocycles. The molecule has 2 heterocycles. The molecule has 2 aromatic carbocycles. The highest BCUT2D eigenvalue weighted by molar-refractivity contribution is 6.30. The van der Waals surface area contributed by atoms with E-state index >= 15 is 0 Å². The Morgan fingerprint density at radius 1 is 1.03 bits per heavy atom. The topological polar surface area (TPSA) is 49.8 Å². The summed E-state index contributed by atoms with van der Waals surface area (Å²) in [4.78, 5) is 15.9. The highest BCUT2D eigenvalue weighted by Gasteiger charge is 2.17. The standard InChI is InChI=1S/C24H24ClN3O/c25-21-9-7-18(8-10-21)20(17-28-13-3-4-14-28)15-24(29)26-12-11-19-16-27-23-6-2-1-5-22(19)23/h1-10,13-14,16,20,27H,11-12,15,17H2,(H,26,29). The number of aromatic nitrogens is 2. The normalized spacial score (nSPS) is 12.2. The third kappa shape index (κ3) is 4.90. The molecule has 1 atom stereocenters. The molecule has 1 amide bonds. The van der Waals surface area contributed by atoms with Crippen molar-refractivity contribution in [1.29, 1.82) is 0 Å². The molecule has 0 radical (unpaired) electrons. The number of para-hydroxylation sites is 1. The Morgan fingerprint density at radius 3 is 2.59 bits per heavy atom. The summed E-state index contributed by atoms with van der Waals surface area (Å²) in [6.07, 6.45) is 7.32. The maximum atomic E-state index is 12.7. The molecule has 29 heavy (non-hydrogen) atoms. The van der Waals surface area contributed by atoms with Gasteiger partial charge in [0.25, 0.3) is 0 Å². The zero-order valence-corrected chi connectivity index (χ0v) is 16.9. The average molecular weight is 406 g/mol. The summed E-state index contributed by atoms with van der Waals surface area (Å²) in [5, 5.41) is 5.01. The Morgan fingerprint density at radius 2 is 1.79 bits per heavy atom. The molecule has 2 aromatic heterocycles. The van der Waals surface area contributed by atoms with Gasteiger partial charge in [-0.05, 0) is 47.9 Å². The van der Waals surface area contributed by atoms with E-state index in [1.807, 2.05) is 67.1 Å². The maximum absolute atomic E-state index is 12.7. The molecule has 4 aromatic rings. The van der Waals surface area contributed by atoms with Crippen LogP contribution in [0.5, 0.6) is 0 Å². The lowest BCUT2D eigenvalue weighted by molar-refractivity contribution is -0.121. The molecule has 0 bridgehead atoms. The van der Waals surface area contributed by atoms with Crippen LogP contribution in [0.3, 0.4) is 0 Å². The molecular weight excluding hydrogens is 382 g/mol. The van der Waals surface area contributed by atoms with Gasteiger partial charge in [-0.2, -0.15) is 0 Å². The third-order valence-electron chi connectivity index (χ3n) is 5.26. The zero-order chi connectivity index (χ0) is 20.1. The Bertz CT molecular complexity index is 1070. The summed E-state index contributed by atoms with van der Waals surface area (Å²) in [6.45, 7) is 1.38. The van der Waals surface area contributed by atoms with Gasteiger partial charge in [0.2, 0.25) is 5.91 Å². The fourth-order valence-electron chi connectivity index (χ4n) is 3.74. The SMILES string of the molecule is O=C(CC(Cn1cccc1)c1ccc(Cl)cc1)NCCc1c[nH]c2ccccc12. The third-order valence-corrected chi connectivity index (χ3v) is 5.51. The van der Waals surface area contributed by atoms with Gasteiger partial charge >= 0.3 is 0 Å². The first-order valence-corrected chi connectivity index (χ1v) is 10.2. The summed E-state index contributed by atoms with van der Waals surface area (Å²) in [5.41, 5.74) is 3.47. The number of hydrogen-bond acceptors (Lipinski definition) is 1. The van der Waals surface area contributed by atoms with E-state index in [9.17, 15) is 4.79 Å². The van der Waals surface area contributed by atoms with Gasteiger partial charge in [-0.15, -0.1) is 0 Å². The highest BCUT2D eigenvalue weighted by Crippen LogP contribution is 2.24. The monoisotopic (exact) mass is 405 g/mol. The van der Waals surface area contributed by atoms with Crippen molar-refractivity contribution in [2.75, 3.05) is 6.54 Å². The smallest absolute Gasteiger partial charge is 0.220 e. The number of carbonyl (C=O) groups excluding carboxylic acids is 1. The lowest BCUT2D eigenvalue weighted by Crippen LogP contribution is -2.28. The number of benzene rings is 2. The quantitative estimate of drug-likeness (QED) is 0.418. The molecule has 0 aliphatic rings. The van der Waals surface area contributed by atoms with Gasteiger partial charge in [0.1, 0.15) is 0 Å². The summed E-state index contributed by atoms with van der Waals surface area (Å²) in [5.74, 6) is 0.157. The minimum Gasteiger partial charge on any atom is -0.361 e. The first kappa shape index (κ1) is 19.3. The van der Waals surface area contributed by atoms with Crippen LogP contribution >= 0.6 is 11.6 Å². The van der Waals surface area contributed by atoms with E-state index in [0.717, 1.165) is 24.0 Å². The second-order valence-electron chi connectivity index (χ2n) is 7.29. The van der Waals surface area contributed by atoms with Crippen molar-refractivity contribution in [3.8, 4) is 0 Å². The Labute approximate surface area is 175 Å². The summed E-state index contributed by atoms with van der Waals surface area (Å²) in [7, 11) is 0. The number of carbonyl (C=O) groups is 1. The Balaban J connectivity index is 1.37. The van der Waals surface area contributed by atoms with Gasteiger partial charge < -0.3 is 14.9 Å². The number of rotatable bonds is 8. The van der Waals surface area contributed by atoms with Crippen molar-refractivity contribution in [3.63, 3.8) is 0 Å². The summed E-state index contributed by atoms with van der Waals surface area (Å²) < 4.78 is 2.11. The molecule has 4 rings (SSSR count). The van der Waals surface area contributed by atoms with E-state index in [-0.39, 0.29) is 11.8 Å². The second kappa shape index (κ2) is 9.01. The van der Waals surface area contributed by atoms with E-state index in [2.05, 4.69) is 27.0 Å². The van der Waals surface area contributed by atoms with E-state index in [1.165, 1.54) is 10.9 Å². The van der Waals surface area contributed by atoms with Crippen LogP contribution < -0.4 is 5.32 Å². The van der Waals surface area contributed by atoms with Crippen LogP contribution in [0.1, 0.15) is 23.5 Å². The molecule has 1 unspecified atom stereocenters. The lowest BCUT2D eigenvalue weighted by atomic mass is 9.95. The van der Waals surface area contributed by atoms with E-state index < -0.39 is 0 Å². The summed E-state index contributed by atoms with van der Waals surface area (Å²) >= 11 is 6.04. The number of halogens is 1. The number of amides is 1. The Hall–Kier alpha value is -2.98. The predicted molar refractivity (Wildman–Crippen MR) is 118 cm³/mol. The van der Waals surface area contributed by atoms with E-state index in [1.54, 1.807) is 0 Å². The van der Waals surface area contributed by atoms with Crippen molar-refractivity contribution < 1.29 is 4.79 Å². The molecule has 2 N–H and O–H groups in total. The van der Waals surface area contributed by atoms with Crippen LogP contribution in [0.4, 0.5) is 0 Å². The first-order valence-electron chi connectivity index (χ1n) is 9.87. The van der Waals surface area contributed by atoms with Crippen LogP contribution in [0.15, 0.2) is 79.3 Å². The number of H-pyrrole nitrogens is 1. The fourth-order valence-corrected chi connectivity index (χ4v) is 3.87. The maximum Gasteiger partial charge on any atom is 0.220 e. The van der Waals surface area contributed by atoms with Crippen LogP contribution in [0.2, 0.25) is 5.02 Å².